The Morgan fingerprint density at radius 3 is 1.35 bits per heavy atom. The van der Waals surface area contributed by atoms with Gasteiger partial charge in [-0.05, 0) is 13.8 Å². The molecular formula is C14H10N4S2. The average Bonchev–Trinajstić information content (AvgIpc) is 2.99. The molecule has 0 fully saturated rings. The van der Waals surface area contributed by atoms with Crippen LogP contribution in [-0.4, -0.2) is 19.9 Å². The molecule has 0 aliphatic heterocycles. The van der Waals surface area contributed by atoms with Gasteiger partial charge in [-0.15, -0.1) is 22.7 Å². The van der Waals surface area contributed by atoms with Gasteiger partial charge in [0.2, 0.25) is 0 Å². The summed E-state index contributed by atoms with van der Waals surface area (Å²) in [6.45, 7) is 4.17. The third-order valence-corrected chi connectivity index (χ3v) is 5.54. The van der Waals surface area contributed by atoms with Crippen LogP contribution < -0.4 is 0 Å². The summed E-state index contributed by atoms with van der Waals surface area (Å²) in [4.78, 5) is 22.5. The fourth-order valence-corrected chi connectivity index (χ4v) is 4.56. The highest BCUT2D eigenvalue weighted by atomic mass is 32.1. The molecule has 4 rings (SSSR count). The smallest absolute Gasteiger partial charge is 0.108 e. The van der Waals surface area contributed by atoms with Crippen molar-refractivity contribution in [2.75, 3.05) is 0 Å². The lowest BCUT2D eigenvalue weighted by atomic mass is 10.2. The Bertz CT molecular complexity index is 861. The van der Waals surface area contributed by atoms with Gasteiger partial charge in [-0.1, -0.05) is 0 Å². The summed E-state index contributed by atoms with van der Waals surface area (Å²) < 4.78 is 0. The standard InChI is InChI=1S/C14H10N4S2/c1-7-9-11(17-5-3-15-9)13(19-7)14-12-10(8(2)20-14)16-4-6-18-12/h3-6H,1-2H3. The second-order valence-electron chi connectivity index (χ2n) is 4.48. The van der Waals surface area contributed by atoms with Crippen molar-refractivity contribution in [1.82, 2.24) is 19.9 Å². The predicted octanol–water partition coefficient (Wildman–Crippen LogP) is 3.98. The zero-order chi connectivity index (χ0) is 13.7. The fourth-order valence-electron chi connectivity index (χ4n) is 2.33. The zero-order valence-electron chi connectivity index (χ0n) is 10.9. The van der Waals surface area contributed by atoms with Gasteiger partial charge in [0.15, 0.2) is 0 Å². The van der Waals surface area contributed by atoms with E-state index in [-0.39, 0.29) is 0 Å². The summed E-state index contributed by atoms with van der Waals surface area (Å²) >= 11 is 3.45. The first kappa shape index (κ1) is 11.9. The predicted molar refractivity (Wildman–Crippen MR) is 83.3 cm³/mol. The Balaban J connectivity index is 2.12. The van der Waals surface area contributed by atoms with E-state index >= 15 is 0 Å². The van der Waals surface area contributed by atoms with Gasteiger partial charge in [0.25, 0.3) is 0 Å². The lowest BCUT2D eigenvalue weighted by Crippen LogP contribution is -1.81. The van der Waals surface area contributed by atoms with Crippen LogP contribution in [0.5, 0.6) is 0 Å². The zero-order valence-corrected chi connectivity index (χ0v) is 12.5. The van der Waals surface area contributed by atoms with Crippen molar-refractivity contribution in [2.45, 2.75) is 13.8 Å². The number of hydrogen-bond acceptors (Lipinski definition) is 6. The van der Waals surface area contributed by atoms with E-state index in [1.165, 1.54) is 9.75 Å². The molecule has 6 heteroatoms. The first-order valence-electron chi connectivity index (χ1n) is 6.16. The molecule has 0 aliphatic carbocycles. The molecule has 0 aliphatic rings. The largest absolute Gasteiger partial charge is 0.252 e. The summed E-state index contributed by atoms with van der Waals surface area (Å²) in [5.74, 6) is 0. The van der Waals surface area contributed by atoms with Crippen LogP contribution in [0.2, 0.25) is 0 Å². The normalized spacial score (nSPS) is 11.5. The Hall–Kier alpha value is -1.92. The molecule has 0 N–H and O–H groups in total. The molecule has 0 radical (unpaired) electrons. The lowest BCUT2D eigenvalue weighted by molar-refractivity contribution is 1.29. The summed E-state index contributed by atoms with van der Waals surface area (Å²) in [5, 5.41) is 0. The van der Waals surface area contributed by atoms with Crippen LogP contribution >= 0.6 is 22.7 Å². The molecule has 98 valence electrons. The van der Waals surface area contributed by atoms with E-state index in [9.17, 15) is 0 Å². The minimum absolute atomic E-state index is 0.962. The Kier molecular flexibility index (Phi) is 2.55. The molecule has 0 amide bonds. The molecule has 0 spiro atoms. The second kappa shape index (κ2) is 4.29. The maximum absolute atomic E-state index is 4.50. The van der Waals surface area contributed by atoms with Crippen molar-refractivity contribution in [3.8, 4) is 9.75 Å². The van der Waals surface area contributed by atoms with Crippen LogP contribution in [0.25, 0.3) is 31.8 Å². The third kappa shape index (κ3) is 1.58. The molecule has 0 aromatic carbocycles. The number of aryl methyl sites for hydroxylation is 2. The molecule has 4 heterocycles. The summed E-state index contributed by atoms with van der Waals surface area (Å²) in [6, 6.07) is 0. The Labute approximate surface area is 123 Å². The van der Waals surface area contributed by atoms with Gasteiger partial charge in [-0.2, -0.15) is 0 Å². The highest BCUT2D eigenvalue weighted by Gasteiger charge is 2.18. The van der Waals surface area contributed by atoms with E-state index < -0.39 is 0 Å². The van der Waals surface area contributed by atoms with E-state index in [0.29, 0.717) is 0 Å². The molecule has 0 atom stereocenters. The van der Waals surface area contributed by atoms with Crippen LogP contribution in [0.1, 0.15) is 9.75 Å². The fraction of sp³-hybridized carbons (Fsp3) is 0.143. The van der Waals surface area contributed by atoms with Crippen molar-refractivity contribution < 1.29 is 0 Å². The van der Waals surface area contributed by atoms with Crippen LogP contribution in [0.3, 0.4) is 0 Å². The molecule has 4 aromatic rings. The van der Waals surface area contributed by atoms with Crippen molar-refractivity contribution in [1.29, 1.82) is 0 Å². The van der Waals surface area contributed by atoms with Gasteiger partial charge < -0.3 is 0 Å². The molecule has 0 unspecified atom stereocenters. The van der Waals surface area contributed by atoms with Gasteiger partial charge in [0.1, 0.15) is 22.1 Å². The number of nitrogens with zero attached hydrogens (tertiary/aromatic N) is 4. The second-order valence-corrected chi connectivity index (χ2v) is 6.93. The maximum Gasteiger partial charge on any atom is 0.108 e. The summed E-state index contributed by atoms with van der Waals surface area (Å²) in [7, 11) is 0. The van der Waals surface area contributed by atoms with E-state index in [1.54, 1.807) is 47.5 Å². The molecule has 0 bridgehead atoms. The molecule has 0 saturated heterocycles. The topological polar surface area (TPSA) is 51.6 Å². The van der Waals surface area contributed by atoms with E-state index in [2.05, 4.69) is 33.8 Å². The van der Waals surface area contributed by atoms with Crippen molar-refractivity contribution in [3.05, 3.63) is 34.5 Å². The van der Waals surface area contributed by atoms with Crippen molar-refractivity contribution >= 4 is 44.7 Å². The maximum atomic E-state index is 4.50. The minimum atomic E-state index is 0.962. The number of thiophene rings is 2. The van der Waals surface area contributed by atoms with E-state index in [1.807, 2.05) is 0 Å². The van der Waals surface area contributed by atoms with E-state index in [0.717, 1.165) is 31.8 Å². The summed E-state index contributed by atoms with van der Waals surface area (Å²) in [6.07, 6.45) is 6.96. The SMILES string of the molecule is Cc1sc(-c2sc(C)c3nccnc23)c2nccnc12. The Morgan fingerprint density at radius 1 is 0.600 bits per heavy atom. The van der Waals surface area contributed by atoms with Crippen LogP contribution in [0.4, 0.5) is 0 Å². The first-order chi connectivity index (χ1) is 9.75. The molecule has 4 nitrogen and oxygen atoms in total. The molecule has 0 saturated carbocycles. The van der Waals surface area contributed by atoms with Crippen LogP contribution in [0.15, 0.2) is 24.8 Å². The highest BCUT2D eigenvalue weighted by Crippen LogP contribution is 2.43. The van der Waals surface area contributed by atoms with Gasteiger partial charge in [0.05, 0.1) is 9.75 Å². The number of hydrogen-bond donors (Lipinski definition) is 0. The van der Waals surface area contributed by atoms with Crippen molar-refractivity contribution in [3.63, 3.8) is 0 Å². The molecule has 4 aromatic heterocycles. The minimum Gasteiger partial charge on any atom is -0.252 e. The monoisotopic (exact) mass is 298 g/mol. The summed E-state index contributed by atoms with van der Waals surface area (Å²) in [5.41, 5.74) is 3.89. The molecular weight excluding hydrogens is 288 g/mol. The third-order valence-electron chi connectivity index (χ3n) is 3.21. The highest BCUT2D eigenvalue weighted by molar-refractivity contribution is 7.24. The number of rotatable bonds is 1. The van der Waals surface area contributed by atoms with E-state index in [4.69, 9.17) is 0 Å². The first-order valence-corrected chi connectivity index (χ1v) is 7.79. The van der Waals surface area contributed by atoms with Gasteiger partial charge in [-0.3, -0.25) is 19.9 Å². The van der Waals surface area contributed by atoms with Gasteiger partial charge in [-0.25, -0.2) is 0 Å². The average molecular weight is 298 g/mol. The van der Waals surface area contributed by atoms with Crippen LogP contribution in [0, 0.1) is 13.8 Å². The van der Waals surface area contributed by atoms with Crippen molar-refractivity contribution in [2.24, 2.45) is 0 Å². The Morgan fingerprint density at radius 2 is 0.950 bits per heavy atom. The molecule has 20 heavy (non-hydrogen) atoms. The van der Waals surface area contributed by atoms with Gasteiger partial charge >= 0.3 is 0 Å². The van der Waals surface area contributed by atoms with Gasteiger partial charge in [0, 0.05) is 34.5 Å². The number of fused-ring (bicyclic) bond motifs is 2. The number of aromatic nitrogens is 4. The quantitative estimate of drug-likeness (QED) is 0.533. The lowest BCUT2D eigenvalue weighted by Gasteiger charge is -1.95. The van der Waals surface area contributed by atoms with Crippen LogP contribution in [-0.2, 0) is 0 Å².